The van der Waals surface area contributed by atoms with E-state index in [4.69, 9.17) is 4.74 Å². The molecule has 108 valence electrons. The fourth-order valence-corrected chi connectivity index (χ4v) is 2.00. The van der Waals surface area contributed by atoms with Gasteiger partial charge in [0.1, 0.15) is 0 Å². The lowest BCUT2D eigenvalue weighted by Gasteiger charge is -2.21. The van der Waals surface area contributed by atoms with E-state index >= 15 is 0 Å². The number of imidazole rings is 1. The zero-order valence-corrected chi connectivity index (χ0v) is 12.3. The highest BCUT2D eigenvalue weighted by Gasteiger charge is 2.20. The van der Waals surface area contributed by atoms with Gasteiger partial charge in [-0.2, -0.15) is 0 Å². The zero-order chi connectivity index (χ0) is 14.3. The van der Waals surface area contributed by atoms with Crippen LogP contribution in [0.5, 0.6) is 0 Å². The van der Waals surface area contributed by atoms with Gasteiger partial charge in [-0.15, -0.1) is 0 Å². The van der Waals surface area contributed by atoms with Crippen LogP contribution in [-0.4, -0.2) is 28.7 Å². The standard InChI is InChI=1S/C14H25N3O2/c1-5-7-16-12(8-14(18)19-6-2)13-9-15-10-17(13)11(3)4/h9-12,16H,5-8H2,1-4H3. The first-order valence-corrected chi connectivity index (χ1v) is 7.00. The molecule has 0 aliphatic carbocycles. The molecule has 0 fully saturated rings. The van der Waals surface area contributed by atoms with Gasteiger partial charge in [0, 0.05) is 12.2 Å². The number of carbonyl (C=O) groups excluding carboxylic acids is 1. The largest absolute Gasteiger partial charge is 0.466 e. The molecule has 0 aromatic carbocycles. The van der Waals surface area contributed by atoms with Crippen molar-refractivity contribution in [2.75, 3.05) is 13.2 Å². The Bertz CT molecular complexity index is 388. The molecule has 0 aliphatic rings. The smallest absolute Gasteiger partial charge is 0.307 e. The van der Waals surface area contributed by atoms with Crippen molar-refractivity contribution in [3.05, 3.63) is 18.2 Å². The summed E-state index contributed by atoms with van der Waals surface area (Å²) in [6.07, 6.45) is 5.00. The van der Waals surface area contributed by atoms with Crippen LogP contribution in [0.1, 0.15) is 58.3 Å². The third-order valence-corrected chi connectivity index (χ3v) is 2.93. The molecule has 1 unspecified atom stereocenters. The molecule has 0 spiro atoms. The molecule has 19 heavy (non-hydrogen) atoms. The van der Waals surface area contributed by atoms with Gasteiger partial charge >= 0.3 is 5.97 Å². The van der Waals surface area contributed by atoms with E-state index in [1.807, 2.05) is 19.4 Å². The van der Waals surface area contributed by atoms with E-state index in [0.717, 1.165) is 18.7 Å². The van der Waals surface area contributed by atoms with Crippen molar-refractivity contribution in [3.8, 4) is 0 Å². The van der Waals surface area contributed by atoms with Crippen molar-refractivity contribution in [2.45, 2.75) is 52.6 Å². The second-order valence-corrected chi connectivity index (χ2v) is 4.84. The summed E-state index contributed by atoms with van der Waals surface area (Å²) in [4.78, 5) is 15.9. The fraction of sp³-hybridized carbons (Fsp3) is 0.714. The summed E-state index contributed by atoms with van der Waals surface area (Å²) in [5, 5.41) is 3.39. The van der Waals surface area contributed by atoms with E-state index in [2.05, 4.69) is 35.6 Å². The molecule has 1 atom stereocenters. The van der Waals surface area contributed by atoms with E-state index in [0.29, 0.717) is 19.1 Å². The Kier molecular flexibility index (Phi) is 6.56. The number of rotatable bonds is 8. The number of aromatic nitrogens is 2. The number of esters is 1. The molecular formula is C14H25N3O2. The van der Waals surface area contributed by atoms with E-state index in [1.54, 1.807) is 0 Å². The number of ether oxygens (including phenoxy) is 1. The Balaban J connectivity index is 2.82. The molecule has 0 saturated carbocycles. The van der Waals surface area contributed by atoms with Crippen molar-refractivity contribution < 1.29 is 9.53 Å². The number of nitrogens with one attached hydrogen (secondary N) is 1. The molecule has 1 heterocycles. The monoisotopic (exact) mass is 267 g/mol. The minimum absolute atomic E-state index is 0.0381. The Labute approximate surface area is 115 Å². The maximum atomic E-state index is 11.7. The normalized spacial score (nSPS) is 12.7. The molecule has 1 N–H and O–H groups in total. The summed E-state index contributed by atoms with van der Waals surface area (Å²) in [6.45, 7) is 9.42. The molecule has 0 amide bonds. The predicted molar refractivity (Wildman–Crippen MR) is 74.9 cm³/mol. The van der Waals surface area contributed by atoms with Gasteiger partial charge < -0.3 is 14.6 Å². The second-order valence-electron chi connectivity index (χ2n) is 4.84. The lowest BCUT2D eigenvalue weighted by molar-refractivity contribution is -0.143. The molecular weight excluding hydrogens is 242 g/mol. The maximum absolute atomic E-state index is 11.7. The molecule has 0 bridgehead atoms. The average Bonchev–Trinajstić information content (AvgIpc) is 2.84. The first-order chi connectivity index (χ1) is 9.10. The minimum atomic E-state index is -0.174. The number of hydrogen-bond donors (Lipinski definition) is 1. The van der Waals surface area contributed by atoms with Gasteiger partial charge in [-0.05, 0) is 33.7 Å². The summed E-state index contributed by atoms with van der Waals surface area (Å²) >= 11 is 0. The molecule has 1 aromatic rings. The summed E-state index contributed by atoms with van der Waals surface area (Å²) in [5.41, 5.74) is 1.04. The lowest BCUT2D eigenvalue weighted by atomic mass is 10.1. The molecule has 5 heteroatoms. The summed E-state index contributed by atoms with van der Waals surface area (Å²) < 4.78 is 7.13. The highest BCUT2D eigenvalue weighted by molar-refractivity contribution is 5.70. The summed E-state index contributed by atoms with van der Waals surface area (Å²) in [7, 11) is 0. The van der Waals surface area contributed by atoms with Crippen LogP contribution in [0.15, 0.2) is 12.5 Å². The van der Waals surface area contributed by atoms with Gasteiger partial charge in [-0.1, -0.05) is 6.92 Å². The van der Waals surface area contributed by atoms with Crippen LogP contribution in [0.3, 0.4) is 0 Å². The van der Waals surface area contributed by atoms with Gasteiger partial charge in [0.25, 0.3) is 0 Å². The van der Waals surface area contributed by atoms with Crippen molar-refractivity contribution in [1.82, 2.24) is 14.9 Å². The number of nitrogens with zero attached hydrogens (tertiary/aromatic N) is 2. The van der Waals surface area contributed by atoms with Crippen molar-refractivity contribution in [3.63, 3.8) is 0 Å². The van der Waals surface area contributed by atoms with E-state index in [1.165, 1.54) is 0 Å². The molecule has 1 rings (SSSR count). The average molecular weight is 267 g/mol. The lowest BCUT2D eigenvalue weighted by Crippen LogP contribution is -2.27. The quantitative estimate of drug-likeness (QED) is 0.735. The Hall–Kier alpha value is -1.36. The van der Waals surface area contributed by atoms with Gasteiger partial charge in [0.15, 0.2) is 0 Å². The third kappa shape index (κ3) is 4.67. The van der Waals surface area contributed by atoms with Crippen LogP contribution >= 0.6 is 0 Å². The Morgan fingerprint density at radius 3 is 2.79 bits per heavy atom. The van der Waals surface area contributed by atoms with Crippen LogP contribution in [-0.2, 0) is 9.53 Å². The highest BCUT2D eigenvalue weighted by Crippen LogP contribution is 2.20. The maximum Gasteiger partial charge on any atom is 0.307 e. The topological polar surface area (TPSA) is 56.1 Å². The van der Waals surface area contributed by atoms with Crippen LogP contribution in [0.2, 0.25) is 0 Å². The molecule has 0 saturated heterocycles. The molecule has 5 nitrogen and oxygen atoms in total. The number of carbonyl (C=O) groups is 1. The van der Waals surface area contributed by atoms with Crippen molar-refractivity contribution in [2.24, 2.45) is 0 Å². The van der Waals surface area contributed by atoms with Crippen LogP contribution in [0, 0.1) is 0 Å². The predicted octanol–water partition coefficient (Wildman–Crippen LogP) is 2.46. The van der Waals surface area contributed by atoms with E-state index in [-0.39, 0.29) is 12.0 Å². The van der Waals surface area contributed by atoms with Gasteiger partial charge in [0.2, 0.25) is 0 Å². The van der Waals surface area contributed by atoms with Crippen LogP contribution in [0.25, 0.3) is 0 Å². The first kappa shape index (κ1) is 15.7. The molecule has 0 aliphatic heterocycles. The molecule has 1 aromatic heterocycles. The van der Waals surface area contributed by atoms with Gasteiger partial charge in [-0.3, -0.25) is 4.79 Å². The van der Waals surface area contributed by atoms with Crippen LogP contribution in [0.4, 0.5) is 0 Å². The van der Waals surface area contributed by atoms with Crippen molar-refractivity contribution in [1.29, 1.82) is 0 Å². The number of hydrogen-bond acceptors (Lipinski definition) is 4. The van der Waals surface area contributed by atoms with E-state index < -0.39 is 0 Å². The second kappa shape index (κ2) is 7.94. The summed E-state index contributed by atoms with van der Waals surface area (Å²) in [5.74, 6) is -0.174. The zero-order valence-electron chi connectivity index (χ0n) is 12.3. The highest BCUT2D eigenvalue weighted by atomic mass is 16.5. The Morgan fingerprint density at radius 2 is 2.21 bits per heavy atom. The Morgan fingerprint density at radius 1 is 1.47 bits per heavy atom. The first-order valence-electron chi connectivity index (χ1n) is 7.00. The fourth-order valence-electron chi connectivity index (χ4n) is 2.00. The van der Waals surface area contributed by atoms with Crippen LogP contribution < -0.4 is 5.32 Å². The van der Waals surface area contributed by atoms with E-state index in [9.17, 15) is 4.79 Å². The third-order valence-electron chi connectivity index (χ3n) is 2.93. The minimum Gasteiger partial charge on any atom is -0.466 e. The van der Waals surface area contributed by atoms with Gasteiger partial charge in [0.05, 0.1) is 31.1 Å². The summed E-state index contributed by atoms with van der Waals surface area (Å²) in [6, 6.07) is 0.287. The SMILES string of the molecule is CCCNC(CC(=O)OCC)c1cncn1C(C)C. The molecule has 0 radical (unpaired) electrons. The van der Waals surface area contributed by atoms with Gasteiger partial charge in [-0.25, -0.2) is 4.98 Å². The van der Waals surface area contributed by atoms with Crippen molar-refractivity contribution >= 4 is 5.97 Å².